The second-order valence-corrected chi connectivity index (χ2v) is 6.19. The van der Waals surface area contributed by atoms with Gasteiger partial charge >= 0.3 is 0 Å². The van der Waals surface area contributed by atoms with Gasteiger partial charge in [0.1, 0.15) is 24.4 Å². The number of ether oxygens (including phenoxy) is 1. The predicted molar refractivity (Wildman–Crippen MR) is 91.7 cm³/mol. The van der Waals surface area contributed by atoms with Crippen molar-refractivity contribution in [3.05, 3.63) is 12.2 Å². The van der Waals surface area contributed by atoms with E-state index in [1.807, 2.05) is 6.92 Å². The van der Waals surface area contributed by atoms with Gasteiger partial charge in [-0.1, -0.05) is 25.5 Å². The fourth-order valence-corrected chi connectivity index (χ4v) is 2.63. The normalized spacial score (nSPS) is 23.4. The Kier molecular flexibility index (Phi) is 9.66. The number of amides is 2. The van der Waals surface area contributed by atoms with Crippen molar-refractivity contribution >= 4 is 11.8 Å². The standard InChI is InChI=1S/C17H30N2O6/c1-3-4-5-9-12(20)13(21)14(22)15(25-2)17(24)19-11-8-6-7-10-18-16(11)23/h5,9,11-15,20-22H,3-4,6-8,10H2,1-2H3,(H,18,23)(H,19,24)/t11-,12+,13-,14+,15+/m0/s1. The zero-order valence-electron chi connectivity index (χ0n) is 14.9. The summed E-state index contributed by atoms with van der Waals surface area (Å²) in [6.45, 7) is 2.54. The minimum atomic E-state index is -1.64. The first-order valence-corrected chi connectivity index (χ1v) is 8.74. The molecule has 0 spiro atoms. The molecule has 1 rings (SSSR count). The molecule has 0 bridgehead atoms. The molecule has 1 fully saturated rings. The van der Waals surface area contributed by atoms with Crippen LogP contribution in [0.15, 0.2) is 12.2 Å². The van der Waals surface area contributed by atoms with E-state index >= 15 is 0 Å². The number of methoxy groups -OCH3 is 1. The maximum absolute atomic E-state index is 12.3. The summed E-state index contributed by atoms with van der Waals surface area (Å²) in [4.78, 5) is 24.2. The molecule has 0 aromatic rings. The van der Waals surface area contributed by atoms with Crippen LogP contribution in [-0.4, -0.2) is 71.2 Å². The lowest BCUT2D eigenvalue weighted by atomic mass is 10.0. The molecule has 8 heteroatoms. The average molecular weight is 358 g/mol. The van der Waals surface area contributed by atoms with Crippen LogP contribution >= 0.6 is 0 Å². The summed E-state index contributed by atoms with van der Waals surface area (Å²) in [6.07, 6.45) is 0.838. The molecular formula is C17H30N2O6. The molecule has 1 saturated heterocycles. The highest BCUT2D eigenvalue weighted by atomic mass is 16.5. The number of nitrogens with one attached hydrogen (secondary N) is 2. The molecule has 0 aliphatic carbocycles. The van der Waals surface area contributed by atoms with Crippen molar-refractivity contribution in [2.24, 2.45) is 0 Å². The van der Waals surface area contributed by atoms with Gasteiger partial charge in [-0.05, 0) is 25.7 Å². The van der Waals surface area contributed by atoms with Gasteiger partial charge in [0.2, 0.25) is 5.91 Å². The van der Waals surface area contributed by atoms with Crippen LogP contribution in [0.4, 0.5) is 0 Å². The second kappa shape index (κ2) is 11.2. The Labute approximate surface area is 148 Å². The molecule has 5 N–H and O–H groups in total. The quantitative estimate of drug-likeness (QED) is 0.344. The molecule has 0 saturated carbocycles. The van der Waals surface area contributed by atoms with Crippen LogP contribution in [-0.2, 0) is 14.3 Å². The number of hydrogen-bond donors (Lipinski definition) is 5. The zero-order valence-corrected chi connectivity index (χ0v) is 14.9. The van der Waals surface area contributed by atoms with Gasteiger partial charge in [-0.25, -0.2) is 0 Å². The van der Waals surface area contributed by atoms with Crippen LogP contribution in [0.3, 0.4) is 0 Å². The summed E-state index contributed by atoms with van der Waals surface area (Å²) in [5.41, 5.74) is 0. The topological polar surface area (TPSA) is 128 Å². The van der Waals surface area contributed by atoms with Gasteiger partial charge in [-0.15, -0.1) is 0 Å². The molecule has 1 aliphatic heterocycles. The van der Waals surface area contributed by atoms with Crippen molar-refractivity contribution in [1.29, 1.82) is 0 Å². The number of aliphatic hydroxyl groups is 3. The predicted octanol–water partition coefficient (Wildman–Crippen LogP) is -0.775. The third-order valence-electron chi connectivity index (χ3n) is 4.16. The number of allylic oxidation sites excluding steroid dienone is 1. The van der Waals surface area contributed by atoms with Gasteiger partial charge in [0.05, 0.1) is 0 Å². The summed E-state index contributed by atoms with van der Waals surface area (Å²) in [6, 6.07) is -0.702. The first-order valence-electron chi connectivity index (χ1n) is 8.74. The molecule has 0 unspecified atom stereocenters. The van der Waals surface area contributed by atoms with Gasteiger partial charge in [-0.3, -0.25) is 9.59 Å². The lowest BCUT2D eigenvalue weighted by Gasteiger charge is -2.28. The molecule has 8 nitrogen and oxygen atoms in total. The molecule has 1 heterocycles. The van der Waals surface area contributed by atoms with Gasteiger partial charge in [0.15, 0.2) is 6.10 Å². The Hall–Kier alpha value is -1.48. The minimum Gasteiger partial charge on any atom is -0.387 e. The highest BCUT2D eigenvalue weighted by Crippen LogP contribution is 2.12. The smallest absolute Gasteiger partial charge is 0.252 e. The fourth-order valence-electron chi connectivity index (χ4n) is 2.63. The Morgan fingerprint density at radius 2 is 2.08 bits per heavy atom. The summed E-state index contributed by atoms with van der Waals surface area (Å²) >= 11 is 0. The number of aliphatic hydroxyl groups excluding tert-OH is 3. The summed E-state index contributed by atoms with van der Waals surface area (Å²) < 4.78 is 4.99. The van der Waals surface area contributed by atoms with Crippen LogP contribution in [0.2, 0.25) is 0 Å². The molecule has 0 aromatic carbocycles. The van der Waals surface area contributed by atoms with Crippen molar-refractivity contribution in [2.45, 2.75) is 69.5 Å². The van der Waals surface area contributed by atoms with Gasteiger partial charge in [0.25, 0.3) is 5.91 Å². The SMILES string of the molecule is CCCC=C[C@@H](O)[C@H](O)[C@@H](O)[C@@H](OC)C(=O)N[C@H]1CCCCNC1=O. The number of unbranched alkanes of at least 4 members (excludes halogenated alkanes) is 1. The van der Waals surface area contributed by atoms with E-state index in [4.69, 9.17) is 4.74 Å². The van der Waals surface area contributed by atoms with Gasteiger partial charge in [0, 0.05) is 13.7 Å². The Balaban J connectivity index is 2.68. The lowest BCUT2D eigenvalue weighted by Crippen LogP contribution is -2.55. The molecule has 1 aliphatic rings. The van der Waals surface area contributed by atoms with E-state index in [1.165, 1.54) is 13.2 Å². The van der Waals surface area contributed by atoms with E-state index in [0.29, 0.717) is 13.0 Å². The molecular weight excluding hydrogens is 328 g/mol. The van der Waals surface area contributed by atoms with Crippen molar-refractivity contribution in [3.8, 4) is 0 Å². The number of carbonyl (C=O) groups is 2. The number of carbonyl (C=O) groups excluding carboxylic acids is 2. The van der Waals surface area contributed by atoms with E-state index in [-0.39, 0.29) is 5.91 Å². The summed E-state index contributed by atoms with van der Waals surface area (Å²) in [5, 5.41) is 35.4. The van der Waals surface area contributed by atoms with Gasteiger partial charge < -0.3 is 30.7 Å². The van der Waals surface area contributed by atoms with Crippen LogP contribution < -0.4 is 10.6 Å². The van der Waals surface area contributed by atoms with Crippen LogP contribution in [0.5, 0.6) is 0 Å². The van der Waals surface area contributed by atoms with E-state index in [0.717, 1.165) is 25.7 Å². The lowest BCUT2D eigenvalue weighted by molar-refractivity contribution is -0.150. The summed E-state index contributed by atoms with van der Waals surface area (Å²) in [7, 11) is 1.21. The van der Waals surface area contributed by atoms with E-state index in [2.05, 4.69) is 10.6 Å². The van der Waals surface area contributed by atoms with Gasteiger partial charge in [-0.2, -0.15) is 0 Å². The van der Waals surface area contributed by atoms with Crippen LogP contribution in [0, 0.1) is 0 Å². The third-order valence-corrected chi connectivity index (χ3v) is 4.16. The fraction of sp³-hybridized carbons (Fsp3) is 0.765. The van der Waals surface area contributed by atoms with E-state index in [9.17, 15) is 24.9 Å². The zero-order chi connectivity index (χ0) is 18.8. The molecule has 144 valence electrons. The molecule has 25 heavy (non-hydrogen) atoms. The highest BCUT2D eigenvalue weighted by Gasteiger charge is 2.36. The molecule has 2 amide bonds. The number of hydrogen-bond acceptors (Lipinski definition) is 6. The molecule has 0 radical (unpaired) electrons. The highest BCUT2D eigenvalue weighted by molar-refractivity contribution is 5.89. The first-order chi connectivity index (χ1) is 11.9. The van der Waals surface area contributed by atoms with Crippen molar-refractivity contribution in [3.63, 3.8) is 0 Å². The van der Waals surface area contributed by atoms with Crippen molar-refractivity contribution in [2.75, 3.05) is 13.7 Å². The van der Waals surface area contributed by atoms with Crippen molar-refractivity contribution < 1.29 is 29.6 Å². The van der Waals surface area contributed by atoms with E-state index < -0.39 is 36.4 Å². The van der Waals surface area contributed by atoms with Crippen molar-refractivity contribution in [1.82, 2.24) is 10.6 Å². The van der Waals surface area contributed by atoms with Crippen LogP contribution in [0.25, 0.3) is 0 Å². The number of rotatable bonds is 9. The third kappa shape index (κ3) is 6.74. The largest absolute Gasteiger partial charge is 0.387 e. The Morgan fingerprint density at radius 3 is 2.72 bits per heavy atom. The van der Waals surface area contributed by atoms with E-state index in [1.54, 1.807) is 6.08 Å². The Bertz CT molecular complexity index is 456. The monoisotopic (exact) mass is 358 g/mol. The minimum absolute atomic E-state index is 0.279. The average Bonchev–Trinajstić information content (AvgIpc) is 2.79. The summed E-state index contributed by atoms with van der Waals surface area (Å²) in [5.74, 6) is -0.987. The Morgan fingerprint density at radius 1 is 1.36 bits per heavy atom. The molecule has 5 atom stereocenters. The molecule has 0 aromatic heterocycles. The maximum Gasteiger partial charge on any atom is 0.252 e. The first kappa shape index (κ1) is 21.6. The van der Waals surface area contributed by atoms with Crippen LogP contribution in [0.1, 0.15) is 39.0 Å². The maximum atomic E-state index is 12.3. The second-order valence-electron chi connectivity index (χ2n) is 6.19.